The second-order valence-electron chi connectivity index (χ2n) is 4.59. The van der Waals surface area contributed by atoms with Crippen molar-refractivity contribution in [1.82, 2.24) is 14.4 Å². The largest absolute Gasteiger partial charge is 0.302 e. The third-order valence-electron chi connectivity index (χ3n) is 3.19. The Morgan fingerprint density at radius 3 is 2.79 bits per heavy atom. The number of pyridine rings is 2. The molecule has 0 N–H and O–H groups in total. The molecule has 4 heteroatoms. The van der Waals surface area contributed by atoms with Crippen molar-refractivity contribution in [3.8, 4) is 11.3 Å². The quantitative estimate of drug-likeness (QED) is 0.660. The van der Waals surface area contributed by atoms with Crippen LogP contribution >= 0.6 is 11.6 Å². The lowest BCUT2D eigenvalue weighted by Gasteiger charge is -2.07. The van der Waals surface area contributed by atoms with Gasteiger partial charge in [0, 0.05) is 24.2 Å². The van der Waals surface area contributed by atoms with Crippen LogP contribution in [0.3, 0.4) is 0 Å². The fourth-order valence-corrected chi connectivity index (χ4v) is 2.53. The molecular weight excluding hydrogens is 258 g/mol. The fraction of sp³-hybridized carbons (Fsp3) is 0.200. The molecule has 0 aliphatic heterocycles. The van der Waals surface area contributed by atoms with Gasteiger partial charge in [0.25, 0.3) is 0 Å². The van der Waals surface area contributed by atoms with Crippen LogP contribution in [0.4, 0.5) is 0 Å². The van der Waals surface area contributed by atoms with Crippen LogP contribution < -0.4 is 0 Å². The molecule has 0 aromatic carbocycles. The Balaban J connectivity index is 2.36. The molecule has 3 nitrogen and oxygen atoms in total. The van der Waals surface area contributed by atoms with Gasteiger partial charge < -0.3 is 4.40 Å². The Hall–Kier alpha value is -1.87. The Bertz CT molecular complexity index is 717. The van der Waals surface area contributed by atoms with Gasteiger partial charge in [-0.25, -0.2) is 4.98 Å². The lowest BCUT2D eigenvalue weighted by atomic mass is 10.1. The zero-order chi connectivity index (χ0) is 13.4. The number of hydrogen-bond acceptors (Lipinski definition) is 2. The van der Waals surface area contributed by atoms with Crippen LogP contribution in [-0.2, 0) is 0 Å². The van der Waals surface area contributed by atoms with Crippen molar-refractivity contribution in [2.45, 2.75) is 19.2 Å². The number of alkyl halides is 1. The third-order valence-corrected chi connectivity index (χ3v) is 3.40. The molecule has 0 bridgehead atoms. The minimum Gasteiger partial charge on any atom is -0.302 e. The van der Waals surface area contributed by atoms with E-state index in [0.717, 1.165) is 28.2 Å². The number of halogens is 1. The van der Waals surface area contributed by atoms with E-state index in [1.54, 1.807) is 6.20 Å². The van der Waals surface area contributed by atoms with E-state index in [9.17, 15) is 0 Å². The van der Waals surface area contributed by atoms with Gasteiger partial charge in [-0.2, -0.15) is 0 Å². The standard InChI is InChI=1S/C15H14ClN3/c1-10-5-4-8-19-14(11(2)16)13(18-15(10)19)12-6-3-7-17-9-12/h3-9,11H,1-2H3. The highest BCUT2D eigenvalue weighted by Crippen LogP contribution is 2.32. The summed E-state index contributed by atoms with van der Waals surface area (Å²) >= 11 is 6.35. The minimum atomic E-state index is -0.119. The number of aromatic nitrogens is 3. The molecule has 0 amide bonds. The summed E-state index contributed by atoms with van der Waals surface area (Å²) in [7, 11) is 0. The maximum Gasteiger partial charge on any atom is 0.140 e. The zero-order valence-electron chi connectivity index (χ0n) is 10.8. The summed E-state index contributed by atoms with van der Waals surface area (Å²) in [5.74, 6) is 0. The summed E-state index contributed by atoms with van der Waals surface area (Å²) in [6.45, 7) is 4.02. The highest BCUT2D eigenvalue weighted by atomic mass is 35.5. The van der Waals surface area contributed by atoms with Crippen LogP contribution in [0.25, 0.3) is 16.9 Å². The Labute approximate surface area is 116 Å². The van der Waals surface area contributed by atoms with Gasteiger partial charge in [0.1, 0.15) is 5.65 Å². The van der Waals surface area contributed by atoms with Gasteiger partial charge >= 0.3 is 0 Å². The van der Waals surface area contributed by atoms with Crippen LogP contribution in [0, 0.1) is 6.92 Å². The number of rotatable bonds is 2. The molecule has 0 saturated carbocycles. The van der Waals surface area contributed by atoms with Crippen LogP contribution in [0.1, 0.15) is 23.6 Å². The Morgan fingerprint density at radius 1 is 1.26 bits per heavy atom. The normalized spacial score (nSPS) is 12.8. The molecule has 3 rings (SSSR count). The van der Waals surface area contributed by atoms with Crippen molar-refractivity contribution in [3.05, 3.63) is 54.1 Å². The predicted octanol–water partition coefficient (Wildman–Crippen LogP) is 4.00. The highest BCUT2D eigenvalue weighted by Gasteiger charge is 2.18. The average molecular weight is 272 g/mol. The number of hydrogen-bond donors (Lipinski definition) is 0. The first-order valence-corrected chi connectivity index (χ1v) is 6.64. The molecule has 0 fully saturated rings. The van der Waals surface area contributed by atoms with Crippen molar-refractivity contribution in [1.29, 1.82) is 0 Å². The first-order valence-electron chi connectivity index (χ1n) is 6.20. The molecule has 96 valence electrons. The second-order valence-corrected chi connectivity index (χ2v) is 5.24. The van der Waals surface area contributed by atoms with Crippen LogP contribution in [0.15, 0.2) is 42.9 Å². The summed E-state index contributed by atoms with van der Waals surface area (Å²) in [6.07, 6.45) is 5.58. The molecule has 0 aliphatic carbocycles. The van der Waals surface area contributed by atoms with Gasteiger partial charge in [0.05, 0.1) is 16.8 Å². The molecule has 0 aliphatic rings. The van der Waals surface area contributed by atoms with Gasteiger partial charge in [0.2, 0.25) is 0 Å². The van der Waals surface area contributed by atoms with Crippen molar-refractivity contribution in [2.24, 2.45) is 0 Å². The van der Waals surface area contributed by atoms with E-state index in [-0.39, 0.29) is 5.38 Å². The maximum absolute atomic E-state index is 6.35. The molecule has 19 heavy (non-hydrogen) atoms. The summed E-state index contributed by atoms with van der Waals surface area (Å²) in [5, 5.41) is -0.119. The van der Waals surface area contributed by atoms with E-state index in [2.05, 4.69) is 22.4 Å². The monoisotopic (exact) mass is 271 g/mol. The van der Waals surface area contributed by atoms with E-state index in [1.165, 1.54) is 0 Å². The first kappa shape index (κ1) is 12.2. The molecule has 1 unspecified atom stereocenters. The van der Waals surface area contributed by atoms with Crippen LogP contribution in [-0.4, -0.2) is 14.4 Å². The topological polar surface area (TPSA) is 30.2 Å². The molecular formula is C15H14ClN3. The second kappa shape index (κ2) is 4.67. The first-order chi connectivity index (χ1) is 9.18. The van der Waals surface area contributed by atoms with Gasteiger partial charge in [-0.15, -0.1) is 11.6 Å². The minimum absolute atomic E-state index is 0.119. The summed E-state index contributed by atoms with van der Waals surface area (Å²) < 4.78 is 2.06. The smallest absolute Gasteiger partial charge is 0.140 e. The van der Waals surface area contributed by atoms with Crippen molar-refractivity contribution >= 4 is 17.2 Å². The number of fused-ring (bicyclic) bond motifs is 1. The molecule has 0 spiro atoms. The highest BCUT2D eigenvalue weighted by molar-refractivity contribution is 6.20. The number of imidazole rings is 1. The van der Waals surface area contributed by atoms with Gasteiger partial charge in [-0.05, 0) is 37.6 Å². The maximum atomic E-state index is 6.35. The summed E-state index contributed by atoms with van der Waals surface area (Å²) in [5.41, 5.74) is 4.99. The van der Waals surface area contributed by atoms with E-state index >= 15 is 0 Å². The predicted molar refractivity (Wildman–Crippen MR) is 77.4 cm³/mol. The third kappa shape index (κ3) is 2.00. The van der Waals surface area contributed by atoms with E-state index in [4.69, 9.17) is 16.6 Å². The Morgan fingerprint density at radius 2 is 2.11 bits per heavy atom. The fourth-order valence-electron chi connectivity index (χ4n) is 2.32. The van der Waals surface area contributed by atoms with Gasteiger partial charge in [-0.1, -0.05) is 6.07 Å². The average Bonchev–Trinajstić information content (AvgIpc) is 2.81. The van der Waals surface area contributed by atoms with Crippen molar-refractivity contribution in [2.75, 3.05) is 0 Å². The van der Waals surface area contributed by atoms with Crippen LogP contribution in [0.2, 0.25) is 0 Å². The molecule has 1 atom stereocenters. The molecule has 0 saturated heterocycles. The molecule has 3 aromatic rings. The molecule has 3 aromatic heterocycles. The van der Waals surface area contributed by atoms with Crippen LogP contribution in [0.5, 0.6) is 0 Å². The van der Waals surface area contributed by atoms with Crippen molar-refractivity contribution in [3.63, 3.8) is 0 Å². The van der Waals surface area contributed by atoms with E-state index in [1.807, 2.05) is 37.5 Å². The summed E-state index contributed by atoms with van der Waals surface area (Å²) in [6, 6.07) is 7.99. The SMILES string of the molecule is Cc1cccn2c(C(C)Cl)c(-c3cccnc3)nc12. The number of nitrogens with zero attached hydrogens (tertiary/aromatic N) is 3. The van der Waals surface area contributed by atoms with E-state index in [0.29, 0.717) is 0 Å². The Kier molecular flexibility index (Phi) is 2.99. The lowest BCUT2D eigenvalue weighted by Crippen LogP contribution is -1.95. The molecule has 0 radical (unpaired) electrons. The number of aryl methyl sites for hydroxylation is 1. The van der Waals surface area contributed by atoms with E-state index < -0.39 is 0 Å². The van der Waals surface area contributed by atoms with Gasteiger partial charge in [-0.3, -0.25) is 4.98 Å². The van der Waals surface area contributed by atoms with Gasteiger partial charge in [0.15, 0.2) is 0 Å². The summed E-state index contributed by atoms with van der Waals surface area (Å²) in [4.78, 5) is 8.90. The van der Waals surface area contributed by atoms with Crippen molar-refractivity contribution < 1.29 is 0 Å². The molecule has 3 heterocycles. The lowest BCUT2D eigenvalue weighted by molar-refractivity contribution is 0.962. The zero-order valence-corrected chi connectivity index (χ0v) is 11.6.